The van der Waals surface area contributed by atoms with E-state index in [2.05, 4.69) is 0 Å². The molecule has 1 heterocycles. The monoisotopic (exact) mass is 250 g/mol. The molecule has 0 radical (unpaired) electrons. The van der Waals surface area contributed by atoms with Crippen molar-refractivity contribution in [2.75, 3.05) is 7.05 Å². The molecular formula is C14H22N2O2. The lowest BCUT2D eigenvalue weighted by atomic mass is 9.84. The summed E-state index contributed by atoms with van der Waals surface area (Å²) in [5.41, 5.74) is 7.12. The van der Waals surface area contributed by atoms with Crippen LogP contribution in [0.5, 0.6) is 0 Å². The first-order valence-corrected chi connectivity index (χ1v) is 6.63. The molecule has 18 heavy (non-hydrogen) atoms. The molecule has 1 aliphatic rings. The number of rotatable bonds is 3. The van der Waals surface area contributed by atoms with Crippen LogP contribution in [0.1, 0.15) is 37.0 Å². The molecule has 0 aromatic carbocycles. The lowest BCUT2D eigenvalue weighted by Crippen LogP contribution is -2.44. The summed E-state index contributed by atoms with van der Waals surface area (Å²) in [6.07, 6.45) is 5.82. The molecule has 1 aromatic rings. The van der Waals surface area contributed by atoms with Crippen molar-refractivity contribution in [3.8, 4) is 0 Å². The molecule has 2 rings (SSSR count). The van der Waals surface area contributed by atoms with Crippen LogP contribution in [0.4, 0.5) is 0 Å². The van der Waals surface area contributed by atoms with Gasteiger partial charge in [0.1, 0.15) is 5.76 Å². The molecule has 1 amide bonds. The number of furan rings is 1. The van der Waals surface area contributed by atoms with Crippen LogP contribution < -0.4 is 5.73 Å². The van der Waals surface area contributed by atoms with E-state index in [1.54, 1.807) is 11.2 Å². The summed E-state index contributed by atoms with van der Waals surface area (Å²) in [6, 6.07) is 1.94. The molecule has 100 valence electrons. The third-order valence-corrected chi connectivity index (χ3v) is 3.89. The summed E-state index contributed by atoms with van der Waals surface area (Å²) >= 11 is 0. The second kappa shape index (κ2) is 5.57. The van der Waals surface area contributed by atoms with Gasteiger partial charge in [-0.3, -0.25) is 4.79 Å². The molecule has 1 fully saturated rings. The topological polar surface area (TPSA) is 59.5 Å². The zero-order valence-corrected chi connectivity index (χ0v) is 11.2. The highest BCUT2D eigenvalue weighted by molar-refractivity contribution is 5.79. The lowest BCUT2D eigenvalue weighted by Gasteiger charge is -2.31. The second-order valence-corrected chi connectivity index (χ2v) is 5.25. The van der Waals surface area contributed by atoms with Crippen LogP contribution in [0, 0.1) is 12.8 Å². The van der Waals surface area contributed by atoms with E-state index in [0.29, 0.717) is 6.54 Å². The van der Waals surface area contributed by atoms with Gasteiger partial charge in [-0.2, -0.15) is 0 Å². The predicted octanol–water partition coefficient (Wildman–Crippen LogP) is 2.06. The first kappa shape index (κ1) is 13.1. The highest BCUT2D eigenvalue weighted by atomic mass is 16.3. The number of carbonyl (C=O) groups excluding carboxylic acids is 1. The van der Waals surface area contributed by atoms with Gasteiger partial charge in [0, 0.05) is 25.2 Å². The van der Waals surface area contributed by atoms with Gasteiger partial charge in [0.2, 0.25) is 5.91 Å². The summed E-state index contributed by atoms with van der Waals surface area (Å²) in [6.45, 7) is 2.52. The van der Waals surface area contributed by atoms with Gasteiger partial charge in [0.25, 0.3) is 0 Å². The Hall–Kier alpha value is -1.29. The Balaban J connectivity index is 1.98. The van der Waals surface area contributed by atoms with Crippen LogP contribution in [0.3, 0.4) is 0 Å². The molecule has 0 saturated heterocycles. The Bertz CT molecular complexity index is 414. The normalized spacial score (nSPS) is 23.9. The zero-order chi connectivity index (χ0) is 13.1. The third kappa shape index (κ3) is 2.75. The fraction of sp³-hybridized carbons (Fsp3) is 0.643. The average molecular weight is 250 g/mol. The Kier molecular flexibility index (Phi) is 4.07. The molecule has 1 saturated carbocycles. The molecule has 1 aromatic heterocycles. The van der Waals surface area contributed by atoms with E-state index in [0.717, 1.165) is 37.0 Å². The molecule has 1 aliphatic carbocycles. The van der Waals surface area contributed by atoms with E-state index in [1.165, 1.54) is 0 Å². The molecule has 2 atom stereocenters. The molecule has 2 N–H and O–H groups in total. The predicted molar refractivity (Wildman–Crippen MR) is 69.9 cm³/mol. The van der Waals surface area contributed by atoms with Crippen LogP contribution in [-0.4, -0.2) is 23.9 Å². The standard InChI is InChI=1S/C14H22N2O2/c1-10-11(7-8-18-10)9-16(2)14(17)12-5-3-4-6-13(12)15/h7-8,12-13H,3-6,9,15H2,1-2H3. The van der Waals surface area contributed by atoms with E-state index in [9.17, 15) is 4.79 Å². The summed E-state index contributed by atoms with van der Waals surface area (Å²) in [7, 11) is 1.84. The Morgan fingerprint density at radius 2 is 2.22 bits per heavy atom. The number of hydrogen-bond donors (Lipinski definition) is 1. The van der Waals surface area contributed by atoms with E-state index in [-0.39, 0.29) is 17.9 Å². The van der Waals surface area contributed by atoms with Gasteiger partial charge < -0.3 is 15.1 Å². The SMILES string of the molecule is Cc1occc1CN(C)C(=O)C1CCCCC1N. The summed E-state index contributed by atoms with van der Waals surface area (Å²) in [5.74, 6) is 1.04. The van der Waals surface area contributed by atoms with Gasteiger partial charge in [-0.1, -0.05) is 12.8 Å². The molecule has 2 unspecified atom stereocenters. The lowest BCUT2D eigenvalue weighted by molar-refractivity contribution is -0.136. The first-order chi connectivity index (χ1) is 8.59. The van der Waals surface area contributed by atoms with Crippen LogP contribution in [0.15, 0.2) is 16.7 Å². The van der Waals surface area contributed by atoms with Gasteiger partial charge in [-0.15, -0.1) is 0 Å². The number of nitrogens with two attached hydrogens (primary N) is 1. The van der Waals surface area contributed by atoms with E-state index >= 15 is 0 Å². The number of amides is 1. The average Bonchev–Trinajstić information content (AvgIpc) is 2.75. The van der Waals surface area contributed by atoms with Gasteiger partial charge in [-0.05, 0) is 25.8 Å². The highest BCUT2D eigenvalue weighted by Crippen LogP contribution is 2.25. The Morgan fingerprint density at radius 1 is 1.50 bits per heavy atom. The number of hydrogen-bond acceptors (Lipinski definition) is 3. The number of nitrogens with zero attached hydrogens (tertiary/aromatic N) is 1. The molecule has 4 nitrogen and oxygen atoms in total. The van der Waals surface area contributed by atoms with Crippen molar-refractivity contribution in [3.63, 3.8) is 0 Å². The molecule has 0 bridgehead atoms. The maximum Gasteiger partial charge on any atom is 0.227 e. The maximum absolute atomic E-state index is 12.4. The van der Waals surface area contributed by atoms with Crippen molar-refractivity contribution < 1.29 is 9.21 Å². The largest absolute Gasteiger partial charge is 0.469 e. The van der Waals surface area contributed by atoms with Crippen LogP contribution >= 0.6 is 0 Å². The van der Waals surface area contributed by atoms with E-state index in [4.69, 9.17) is 10.2 Å². The van der Waals surface area contributed by atoms with Crippen LogP contribution in [0.2, 0.25) is 0 Å². The quantitative estimate of drug-likeness (QED) is 0.893. The maximum atomic E-state index is 12.4. The van der Waals surface area contributed by atoms with Crippen molar-refractivity contribution in [2.45, 2.75) is 45.2 Å². The minimum atomic E-state index is -0.00374. The third-order valence-electron chi connectivity index (χ3n) is 3.89. The minimum absolute atomic E-state index is 0.00374. The highest BCUT2D eigenvalue weighted by Gasteiger charge is 2.30. The van der Waals surface area contributed by atoms with E-state index < -0.39 is 0 Å². The Morgan fingerprint density at radius 3 is 2.83 bits per heavy atom. The van der Waals surface area contributed by atoms with Gasteiger partial charge in [-0.25, -0.2) is 0 Å². The van der Waals surface area contributed by atoms with Crippen LogP contribution in [-0.2, 0) is 11.3 Å². The molecule has 0 aliphatic heterocycles. The summed E-state index contributed by atoms with van der Waals surface area (Å²) in [4.78, 5) is 14.1. The zero-order valence-electron chi connectivity index (χ0n) is 11.2. The summed E-state index contributed by atoms with van der Waals surface area (Å²) < 4.78 is 5.25. The van der Waals surface area contributed by atoms with Crippen molar-refractivity contribution in [1.82, 2.24) is 4.90 Å². The van der Waals surface area contributed by atoms with Crippen molar-refractivity contribution in [3.05, 3.63) is 23.7 Å². The van der Waals surface area contributed by atoms with Crippen molar-refractivity contribution in [1.29, 1.82) is 0 Å². The summed E-state index contributed by atoms with van der Waals surface area (Å²) in [5, 5.41) is 0. The fourth-order valence-electron chi connectivity index (χ4n) is 2.66. The van der Waals surface area contributed by atoms with Gasteiger partial charge in [0.15, 0.2) is 0 Å². The van der Waals surface area contributed by atoms with E-state index in [1.807, 2.05) is 20.0 Å². The van der Waals surface area contributed by atoms with Gasteiger partial charge >= 0.3 is 0 Å². The number of carbonyl (C=O) groups is 1. The molecular weight excluding hydrogens is 228 g/mol. The Labute approximate surface area is 108 Å². The smallest absolute Gasteiger partial charge is 0.227 e. The molecule has 4 heteroatoms. The first-order valence-electron chi connectivity index (χ1n) is 6.63. The van der Waals surface area contributed by atoms with Crippen molar-refractivity contribution in [2.24, 2.45) is 11.7 Å². The minimum Gasteiger partial charge on any atom is -0.469 e. The number of aryl methyl sites for hydroxylation is 1. The van der Waals surface area contributed by atoms with Gasteiger partial charge in [0.05, 0.1) is 12.2 Å². The van der Waals surface area contributed by atoms with Crippen molar-refractivity contribution >= 4 is 5.91 Å². The molecule has 0 spiro atoms. The van der Waals surface area contributed by atoms with Crippen LogP contribution in [0.25, 0.3) is 0 Å². The fourth-order valence-corrected chi connectivity index (χ4v) is 2.66. The second-order valence-electron chi connectivity index (χ2n) is 5.25.